The van der Waals surface area contributed by atoms with E-state index in [-0.39, 0.29) is 4.90 Å². The first-order chi connectivity index (χ1) is 12.1. The lowest BCUT2D eigenvalue weighted by Crippen LogP contribution is -1.96. The monoisotopic (exact) mass is 348 g/mol. The summed E-state index contributed by atoms with van der Waals surface area (Å²) in [4.78, 5) is 0.188. The van der Waals surface area contributed by atoms with Crippen LogP contribution in [-0.4, -0.2) is 15.5 Å². The summed E-state index contributed by atoms with van der Waals surface area (Å²) >= 11 is 0. The maximum absolute atomic E-state index is 12.4. The summed E-state index contributed by atoms with van der Waals surface area (Å²) in [5.74, 6) is 3.39. The van der Waals surface area contributed by atoms with Crippen LogP contribution in [0.2, 0.25) is 0 Å². The first kappa shape index (κ1) is 16.8. The molecule has 0 spiro atoms. The first-order valence-corrected chi connectivity index (χ1v) is 9.14. The smallest absolute Gasteiger partial charge is 0.245 e. The van der Waals surface area contributed by atoms with Gasteiger partial charge in [0.05, 0.1) is 12.0 Å². The third-order valence-corrected chi connectivity index (χ3v) is 4.96. The van der Waals surface area contributed by atoms with E-state index in [1.807, 2.05) is 30.3 Å². The molecule has 0 unspecified atom stereocenters. The Morgan fingerprint density at radius 3 is 1.96 bits per heavy atom. The Morgan fingerprint density at radius 2 is 1.36 bits per heavy atom. The van der Waals surface area contributed by atoms with Crippen molar-refractivity contribution in [1.82, 2.24) is 0 Å². The van der Waals surface area contributed by atoms with Crippen LogP contribution in [0.4, 0.5) is 0 Å². The molecule has 3 rings (SSSR count). The number of hydrogen-bond donors (Lipinski definition) is 0. The molecule has 0 amide bonds. The van der Waals surface area contributed by atoms with Gasteiger partial charge in [-0.2, -0.15) is 0 Å². The van der Waals surface area contributed by atoms with Gasteiger partial charge < -0.3 is 4.74 Å². The second-order valence-electron chi connectivity index (χ2n) is 5.35. The molecule has 4 heteroatoms. The van der Waals surface area contributed by atoms with Gasteiger partial charge in [0.25, 0.3) is 0 Å². The summed E-state index contributed by atoms with van der Waals surface area (Å²) in [5, 5.41) is 2.37. The third kappa shape index (κ3) is 4.09. The second kappa shape index (κ2) is 7.25. The van der Waals surface area contributed by atoms with Crippen LogP contribution in [0, 0.1) is 11.2 Å². The third-order valence-electron chi connectivity index (χ3n) is 3.69. The van der Waals surface area contributed by atoms with Gasteiger partial charge in [-0.1, -0.05) is 42.5 Å². The second-order valence-corrected chi connectivity index (χ2v) is 7.03. The summed E-state index contributed by atoms with van der Waals surface area (Å²) in [7, 11) is -2.09. The fourth-order valence-corrected chi connectivity index (χ4v) is 3.18. The normalized spacial score (nSPS) is 10.6. The number of sulfone groups is 1. The molecule has 0 atom stereocenters. The topological polar surface area (TPSA) is 43.4 Å². The van der Waals surface area contributed by atoms with Crippen LogP contribution in [0.3, 0.4) is 0 Å². The summed E-state index contributed by atoms with van der Waals surface area (Å²) in [6.07, 6.45) is 0. The van der Waals surface area contributed by atoms with E-state index in [1.165, 1.54) is 0 Å². The van der Waals surface area contributed by atoms with Crippen molar-refractivity contribution in [3.05, 3.63) is 84.4 Å². The number of methoxy groups -OCH3 is 1. The fraction of sp³-hybridized carbons (Fsp3) is 0.0476. The van der Waals surface area contributed by atoms with E-state index in [0.29, 0.717) is 11.3 Å². The molecule has 0 saturated heterocycles. The van der Waals surface area contributed by atoms with Gasteiger partial charge in [-0.25, -0.2) is 8.42 Å². The first-order valence-electron chi connectivity index (χ1n) is 7.66. The van der Waals surface area contributed by atoms with Crippen molar-refractivity contribution < 1.29 is 13.2 Å². The van der Waals surface area contributed by atoms with E-state index < -0.39 is 9.84 Å². The lowest BCUT2D eigenvalue weighted by molar-refractivity contribution is 0.415. The van der Waals surface area contributed by atoms with Crippen LogP contribution >= 0.6 is 0 Å². The zero-order chi connectivity index (χ0) is 17.7. The van der Waals surface area contributed by atoms with Crippen molar-refractivity contribution >= 4 is 9.84 Å². The Kier molecular flexibility index (Phi) is 4.87. The summed E-state index contributed by atoms with van der Waals surface area (Å²) in [6.45, 7) is 0. The van der Waals surface area contributed by atoms with Gasteiger partial charge in [0, 0.05) is 10.8 Å². The Bertz CT molecular complexity index is 1010. The maximum atomic E-state index is 12.4. The van der Waals surface area contributed by atoms with Crippen molar-refractivity contribution in [2.24, 2.45) is 0 Å². The molecule has 124 valence electrons. The molecule has 25 heavy (non-hydrogen) atoms. The van der Waals surface area contributed by atoms with E-state index in [9.17, 15) is 8.42 Å². The molecule has 0 N–H and O–H groups in total. The minimum Gasteiger partial charge on any atom is -0.497 e. The predicted octanol–water partition coefficient (Wildman–Crippen LogP) is 4.15. The predicted molar refractivity (Wildman–Crippen MR) is 98.9 cm³/mol. The van der Waals surface area contributed by atoms with Crippen molar-refractivity contribution in [2.45, 2.75) is 4.90 Å². The van der Waals surface area contributed by atoms with Gasteiger partial charge in [0.2, 0.25) is 9.84 Å². The van der Waals surface area contributed by atoms with Crippen molar-refractivity contribution in [3.8, 4) is 28.0 Å². The SMILES string of the molecule is COc1ccc(C#CS(=O)(=O)c2ccc(-c3ccccc3)cc2)cc1. The number of benzene rings is 3. The van der Waals surface area contributed by atoms with Gasteiger partial charge >= 0.3 is 0 Å². The highest BCUT2D eigenvalue weighted by atomic mass is 32.2. The van der Waals surface area contributed by atoms with Crippen LogP contribution in [0.5, 0.6) is 5.75 Å². The summed E-state index contributed by atoms with van der Waals surface area (Å²) in [6, 6.07) is 23.5. The molecule has 0 aliphatic rings. The molecule has 3 aromatic carbocycles. The Labute approximate surface area is 147 Å². The molecule has 0 aliphatic carbocycles. The van der Waals surface area contributed by atoms with Gasteiger partial charge in [-0.05, 0) is 53.4 Å². The number of hydrogen-bond acceptors (Lipinski definition) is 3. The van der Waals surface area contributed by atoms with Gasteiger partial charge in [0.15, 0.2) is 0 Å². The van der Waals surface area contributed by atoms with Crippen molar-refractivity contribution in [1.29, 1.82) is 0 Å². The lowest BCUT2D eigenvalue weighted by atomic mass is 10.1. The molecule has 3 nitrogen and oxygen atoms in total. The number of ether oxygens (including phenoxy) is 1. The van der Waals surface area contributed by atoms with Gasteiger partial charge in [-0.15, -0.1) is 0 Å². The molecule has 0 radical (unpaired) electrons. The van der Waals surface area contributed by atoms with E-state index in [1.54, 1.807) is 55.6 Å². The maximum Gasteiger partial charge on any atom is 0.245 e. The summed E-state index contributed by atoms with van der Waals surface area (Å²) < 4.78 is 29.8. The summed E-state index contributed by atoms with van der Waals surface area (Å²) in [5.41, 5.74) is 2.61. The molecule has 0 heterocycles. The Balaban J connectivity index is 1.84. The highest BCUT2D eigenvalue weighted by Gasteiger charge is 2.10. The highest BCUT2D eigenvalue weighted by molar-refractivity contribution is 7.96. The molecular weight excluding hydrogens is 332 g/mol. The molecule has 0 aliphatic heterocycles. The number of rotatable bonds is 3. The largest absolute Gasteiger partial charge is 0.497 e. The minimum atomic E-state index is -3.67. The zero-order valence-electron chi connectivity index (χ0n) is 13.6. The van der Waals surface area contributed by atoms with Crippen LogP contribution in [-0.2, 0) is 9.84 Å². The van der Waals surface area contributed by atoms with Crippen molar-refractivity contribution in [3.63, 3.8) is 0 Å². The average Bonchev–Trinajstić information content (AvgIpc) is 2.68. The quantitative estimate of drug-likeness (QED) is 0.668. The standard InChI is InChI=1S/C21H16O3S/c1-24-20-11-7-17(8-12-20)15-16-25(22,23)21-13-9-19(10-14-21)18-5-3-2-4-6-18/h2-14H,1H3. The molecule has 3 aromatic rings. The molecule has 0 fully saturated rings. The molecule has 0 saturated carbocycles. The van der Waals surface area contributed by atoms with Crippen LogP contribution in [0.25, 0.3) is 11.1 Å². The van der Waals surface area contributed by atoms with E-state index in [0.717, 1.165) is 11.1 Å². The average molecular weight is 348 g/mol. The Hall–Kier alpha value is -3.03. The minimum absolute atomic E-state index is 0.188. The fourth-order valence-electron chi connectivity index (χ4n) is 2.32. The Morgan fingerprint density at radius 1 is 0.760 bits per heavy atom. The van der Waals surface area contributed by atoms with Crippen molar-refractivity contribution in [2.75, 3.05) is 7.11 Å². The highest BCUT2D eigenvalue weighted by Crippen LogP contribution is 2.21. The van der Waals surface area contributed by atoms with E-state index >= 15 is 0 Å². The van der Waals surface area contributed by atoms with E-state index in [4.69, 9.17) is 4.74 Å². The molecule has 0 aromatic heterocycles. The van der Waals surface area contributed by atoms with E-state index in [2.05, 4.69) is 11.2 Å². The molecular formula is C21H16O3S. The van der Waals surface area contributed by atoms with Crippen LogP contribution < -0.4 is 4.74 Å². The van der Waals surface area contributed by atoms with Crippen LogP contribution in [0.1, 0.15) is 5.56 Å². The van der Waals surface area contributed by atoms with Gasteiger partial charge in [-0.3, -0.25) is 0 Å². The van der Waals surface area contributed by atoms with Crippen LogP contribution in [0.15, 0.2) is 83.8 Å². The van der Waals surface area contributed by atoms with Gasteiger partial charge in [0.1, 0.15) is 5.75 Å². The zero-order valence-corrected chi connectivity index (χ0v) is 14.5. The lowest BCUT2D eigenvalue weighted by Gasteiger charge is -2.02. The molecule has 0 bridgehead atoms.